The van der Waals surface area contributed by atoms with Crippen LogP contribution in [0.25, 0.3) is 16.6 Å². The van der Waals surface area contributed by atoms with Crippen LogP contribution in [0.2, 0.25) is 0 Å². The Hall–Kier alpha value is -4.64. The molecule has 3 aromatic carbocycles. The Morgan fingerprint density at radius 2 is 1.88 bits per heavy atom. The fraction of sp³-hybridized carbons (Fsp3) is 0.172. The van der Waals surface area contributed by atoms with E-state index >= 15 is 0 Å². The molecule has 4 N–H and O–H groups in total. The van der Waals surface area contributed by atoms with Gasteiger partial charge in [-0.3, -0.25) is 9.52 Å². The van der Waals surface area contributed by atoms with E-state index in [9.17, 15) is 17.6 Å². The van der Waals surface area contributed by atoms with Crippen LogP contribution in [0.15, 0.2) is 66.9 Å². The van der Waals surface area contributed by atoms with Crippen LogP contribution in [0.1, 0.15) is 46.9 Å². The summed E-state index contributed by atoms with van der Waals surface area (Å²) in [6, 6.07) is 16.5. The molecule has 2 aromatic heterocycles. The van der Waals surface area contributed by atoms with E-state index in [0.29, 0.717) is 22.6 Å². The Bertz CT molecular complexity index is 1870. The summed E-state index contributed by atoms with van der Waals surface area (Å²) in [6.07, 6.45) is 2.50. The summed E-state index contributed by atoms with van der Waals surface area (Å²) in [5.41, 5.74) is 10.1. The van der Waals surface area contributed by atoms with Crippen LogP contribution in [0.3, 0.4) is 0 Å². The fourth-order valence-corrected chi connectivity index (χ4v) is 5.12. The summed E-state index contributed by atoms with van der Waals surface area (Å²) in [5.74, 6) is -0.0823. The molecule has 9 nitrogen and oxygen atoms in total. The molecule has 0 spiro atoms. The standard InChI is InChI=1S/C29H28FN5O4S/c1-16(2)20-12-18-13-25(33-23(18)14-24(20)34-40(4,37)38)28(36)21-15-32-35(29(21)31)26-10-9-19(11-17(26)3)39-27-8-6-5-7-22(27)30/h5-16,33-34H,31H2,1-4H3. The van der Waals surface area contributed by atoms with E-state index < -0.39 is 15.8 Å². The molecule has 0 aliphatic carbocycles. The molecule has 0 radical (unpaired) electrons. The number of halogens is 1. The van der Waals surface area contributed by atoms with Gasteiger partial charge in [0.2, 0.25) is 15.8 Å². The first-order valence-corrected chi connectivity index (χ1v) is 14.4. The van der Waals surface area contributed by atoms with E-state index in [1.165, 1.54) is 16.9 Å². The predicted molar refractivity (Wildman–Crippen MR) is 153 cm³/mol. The summed E-state index contributed by atoms with van der Waals surface area (Å²) >= 11 is 0. The van der Waals surface area contributed by atoms with Crippen molar-refractivity contribution in [2.24, 2.45) is 0 Å². The number of aromatic amines is 1. The van der Waals surface area contributed by atoms with Crippen LogP contribution in [-0.2, 0) is 10.0 Å². The van der Waals surface area contributed by atoms with Crippen LogP contribution in [0.4, 0.5) is 15.9 Å². The van der Waals surface area contributed by atoms with E-state index in [-0.39, 0.29) is 34.5 Å². The number of nitrogens with two attached hydrogens (primary N) is 1. The number of fused-ring (bicyclic) bond motifs is 1. The van der Waals surface area contributed by atoms with Gasteiger partial charge in [-0.1, -0.05) is 26.0 Å². The van der Waals surface area contributed by atoms with Gasteiger partial charge in [0.05, 0.1) is 35.1 Å². The number of nitrogen functional groups attached to an aromatic ring is 1. The number of nitrogens with zero attached hydrogens (tertiary/aromatic N) is 2. The van der Waals surface area contributed by atoms with Gasteiger partial charge >= 0.3 is 0 Å². The van der Waals surface area contributed by atoms with Crippen molar-refractivity contribution in [2.45, 2.75) is 26.7 Å². The molecule has 0 aliphatic rings. The number of rotatable bonds is 8. The van der Waals surface area contributed by atoms with Crippen LogP contribution in [0.5, 0.6) is 11.5 Å². The molecule has 5 aromatic rings. The number of aromatic nitrogens is 3. The topological polar surface area (TPSA) is 132 Å². The van der Waals surface area contributed by atoms with Crippen molar-refractivity contribution in [3.8, 4) is 17.2 Å². The van der Waals surface area contributed by atoms with Crippen molar-refractivity contribution in [1.82, 2.24) is 14.8 Å². The lowest BCUT2D eigenvalue weighted by molar-refractivity contribution is 0.103. The van der Waals surface area contributed by atoms with Gasteiger partial charge in [-0.15, -0.1) is 0 Å². The zero-order chi connectivity index (χ0) is 28.8. The average Bonchev–Trinajstić information content (AvgIpc) is 3.47. The molecule has 0 saturated carbocycles. The van der Waals surface area contributed by atoms with Gasteiger partial charge in [-0.2, -0.15) is 5.10 Å². The molecule has 0 aliphatic heterocycles. The molecule has 2 heterocycles. The van der Waals surface area contributed by atoms with Gasteiger partial charge in [0, 0.05) is 10.9 Å². The van der Waals surface area contributed by atoms with E-state index in [2.05, 4.69) is 14.8 Å². The lowest BCUT2D eigenvalue weighted by Gasteiger charge is -2.14. The Balaban J connectivity index is 1.45. The number of ketones is 1. The smallest absolute Gasteiger partial charge is 0.229 e. The molecule has 0 amide bonds. The summed E-state index contributed by atoms with van der Waals surface area (Å²) in [7, 11) is -3.49. The minimum Gasteiger partial charge on any atom is -0.454 e. The highest BCUT2D eigenvalue weighted by Crippen LogP contribution is 2.32. The Labute approximate surface area is 230 Å². The minimum absolute atomic E-state index is 0.0447. The van der Waals surface area contributed by atoms with Crippen molar-refractivity contribution in [2.75, 3.05) is 16.7 Å². The third kappa shape index (κ3) is 5.28. The first-order valence-electron chi connectivity index (χ1n) is 12.5. The van der Waals surface area contributed by atoms with E-state index in [0.717, 1.165) is 22.8 Å². The number of carbonyl (C=O) groups is 1. The van der Waals surface area contributed by atoms with Crippen molar-refractivity contribution >= 4 is 38.2 Å². The van der Waals surface area contributed by atoms with Gasteiger partial charge < -0.3 is 15.5 Å². The highest BCUT2D eigenvalue weighted by molar-refractivity contribution is 7.92. The SMILES string of the molecule is Cc1cc(Oc2ccccc2F)ccc1-n1ncc(C(=O)c2cc3cc(C(C)C)c(NS(C)(=O)=O)cc3[nH]2)c1N. The van der Waals surface area contributed by atoms with E-state index in [1.54, 1.807) is 48.5 Å². The summed E-state index contributed by atoms with van der Waals surface area (Å²) in [5, 5.41) is 5.11. The van der Waals surface area contributed by atoms with Crippen molar-refractivity contribution < 1.29 is 22.3 Å². The van der Waals surface area contributed by atoms with Crippen LogP contribution in [-0.4, -0.2) is 35.2 Å². The molecule has 0 unspecified atom stereocenters. The van der Waals surface area contributed by atoms with Crippen molar-refractivity contribution in [3.63, 3.8) is 0 Å². The zero-order valence-electron chi connectivity index (χ0n) is 22.3. The number of hydrogen-bond acceptors (Lipinski definition) is 6. The normalized spacial score (nSPS) is 11.8. The van der Waals surface area contributed by atoms with Gasteiger partial charge in [-0.05, 0) is 72.5 Å². The average molecular weight is 562 g/mol. The molecular formula is C29H28FN5O4S. The second-order valence-corrected chi connectivity index (χ2v) is 11.7. The van der Waals surface area contributed by atoms with Crippen LogP contribution >= 0.6 is 0 Å². The zero-order valence-corrected chi connectivity index (χ0v) is 23.1. The first-order chi connectivity index (χ1) is 18.9. The highest BCUT2D eigenvalue weighted by atomic mass is 32.2. The lowest BCUT2D eigenvalue weighted by atomic mass is 9.99. The number of hydrogen-bond donors (Lipinski definition) is 3. The van der Waals surface area contributed by atoms with Crippen LogP contribution in [0, 0.1) is 12.7 Å². The van der Waals surface area contributed by atoms with E-state index in [1.807, 2.05) is 26.8 Å². The molecule has 40 heavy (non-hydrogen) atoms. The lowest BCUT2D eigenvalue weighted by Crippen LogP contribution is -2.11. The molecule has 5 rings (SSSR count). The van der Waals surface area contributed by atoms with E-state index in [4.69, 9.17) is 10.5 Å². The number of ether oxygens (including phenoxy) is 1. The number of carbonyl (C=O) groups excluding carboxylic acids is 1. The molecule has 0 fully saturated rings. The van der Waals surface area contributed by atoms with Crippen LogP contribution < -0.4 is 15.2 Å². The molecule has 11 heteroatoms. The Morgan fingerprint density at radius 1 is 1.12 bits per heavy atom. The third-order valence-electron chi connectivity index (χ3n) is 6.46. The number of benzene rings is 3. The van der Waals surface area contributed by atoms with Gasteiger partial charge in [-0.25, -0.2) is 17.5 Å². The highest BCUT2D eigenvalue weighted by Gasteiger charge is 2.22. The number of nitrogens with one attached hydrogen (secondary N) is 2. The van der Waals surface area contributed by atoms with Gasteiger partial charge in [0.1, 0.15) is 11.6 Å². The molecule has 206 valence electrons. The molecule has 0 saturated heterocycles. The maximum atomic E-state index is 14.0. The number of anilines is 2. The number of aryl methyl sites for hydroxylation is 1. The molecule has 0 atom stereocenters. The van der Waals surface area contributed by atoms with Crippen molar-refractivity contribution in [3.05, 3.63) is 95.1 Å². The maximum absolute atomic E-state index is 14.0. The Kier molecular flexibility index (Phi) is 6.84. The van der Waals surface area contributed by atoms with Gasteiger partial charge in [0.25, 0.3) is 0 Å². The van der Waals surface area contributed by atoms with Gasteiger partial charge in [0.15, 0.2) is 11.6 Å². The number of H-pyrrole nitrogens is 1. The predicted octanol–water partition coefficient (Wildman–Crippen LogP) is 5.90. The largest absolute Gasteiger partial charge is 0.454 e. The maximum Gasteiger partial charge on any atom is 0.229 e. The van der Waals surface area contributed by atoms with Crippen molar-refractivity contribution in [1.29, 1.82) is 0 Å². The monoisotopic (exact) mass is 561 g/mol. The summed E-state index contributed by atoms with van der Waals surface area (Å²) < 4.78 is 47.4. The first kappa shape index (κ1) is 26.9. The minimum atomic E-state index is -3.49. The number of para-hydroxylation sites is 1. The second-order valence-electron chi connectivity index (χ2n) is 9.90. The fourth-order valence-electron chi connectivity index (χ4n) is 4.54. The summed E-state index contributed by atoms with van der Waals surface area (Å²) in [6.45, 7) is 5.75. The molecular weight excluding hydrogens is 533 g/mol. The quantitative estimate of drug-likeness (QED) is 0.202. The summed E-state index contributed by atoms with van der Waals surface area (Å²) in [4.78, 5) is 16.5. The Morgan fingerprint density at radius 3 is 2.55 bits per heavy atom. The third-order valence-corrected chi connectivity index (χ3v) is 7.06. The number of sulfonamides is 1. The molecule has 0 bridgehead atoms. The second kappa shape index (κ2) is 10.2.